The number of hydrogen-bond acceptors (Lipinski definition) is 4. The predicted molar refractivity (Wildman–Crippen MR) is 69.6 cm³/mol. The predicted octanol–water partition coefficient (Wildman–Crippen LogP) is 0.827. The number of nitrogens with zero attached hydrogens (tertiary/aromatic N) is 1. The summed E-state index contributed by atoms with van der Waals surface area (Å²) in [7, 11) is 1.86. The van der Waals surface area contributed by atoms with Gasteiger partial charge < -0.3 is 10.1 Å². The lowest BCUT2D eigenvalue weighted by atomic mass is 10.1. The Labute approximate surface area is 111 Å². The lowest BCUT2D eigenvalue weighted by Crippen LogP contribution is -2.52. The molecule has 0 radical (unpaired) electrons. The first-order chi connectivity index (χ1) is 9.20. The molecule has 3 rings (SSSR count). The Morgan fingerprint density at radius 1 is 1.26 bits per heavy atom. The first-order valence-corrected chi connectivity index (χ1v) is 6.47. The fourth-order valence-corrected chi connectivity index (χ4v) is 2.66. The van der Waals surface area contributed by atoms with Crippen LogP contribution in [0.5, 0.6) is 0 Å². The third kappa shape index (κ3) is 2.05. The van der Waals surface area contributed by atoms with Gasteiger partial charge in [-0.05, 0) is 37.6 Å². The van der Waals surface area contributed by atoms with Crippen LogP contribution in [0, 0.1) is 0 Å². The van der Waals surface area contributed by atoms with Crippen LogP contribution in [-0.2, 0) is 20.9 Å². The Morgan fingerprint density at radius 3 is 2.58 bits per heavy atom. The van der Waals surface area contributed by atoms with Gasteiger partial charge in [0.1, 0.15) is 12.2 Å². The van der Waals surface area contributed by atoms with E-state index in [9.17, 15) is 9.59 Å². The van der Waals surface area contributed by atoms with E-state index >= 15 is 0 Å². The smallest absolute Gasteiger partial charge is 0.262 e. The molecular weight excluding hydrogens is 244 g/mol. The van der Waals surface area contributed by atoms with Gasteiger partial charge in [0.05, 0.1) is 5.69 Å². The second-order valence-electron chi connectivity index (χ2n) is 4.90. The van der Waals surface area contributed by atoms with Gasteiger partial charge in [0.2, 0.25) is 0 Å². The molecule has 1 aromatic rings. The molecule has 0 saturated carbocycles. The van der Waals surface area contributed by atoms with E-state index in [4.69, 9.17) is 4.74 Å². The van der Waals surface area contributed by atoms with E-state index in [2.05, 4.69) is 5.32 Å². The second kappa shape index (κ2) is 4.75. The average molecular weight is 260 g/mol. The van der Waals surface area contributed by atoms with Crippen molar-refractivity contribution in [3.63, 3.8) is 0 Å². The van der Waals surface area contributed by atoms with Gasteiger partial charge in [-0.25, -0.2) is 4.90 Å². The Kier molecular flexibility index (Phi) is 3.08. The first kappa shape index (κ1) is 12.3. The van der Waals surface area contributed by atoms with Gasteiger partial charge in [-0.15, -0.1) is 0 Å². The van der Waals surface area contributed by atoms with Gasteiger partial charge >= 0.3 is 0 Å². The summed E-state index contributed by atoms with van der Waals surface area (Å²) in [5.41, 5.74) is 1.68. The molecule has 0 spiro atoms. The van der Waals surface area contributed by atoms with Crippen molar-refractivity contribution in [1.29, 1.82) is 0 Å². The third-order valence-corrected chi connectivity index (χ3v) is 3.56. The highest BCUT2D eigenvalue weighted by Crippen LogP contribution is 2.31. The van der Waals surface area contributed by atoms with E-state index in [0.717, 1.165) is 5.56 Å². The summed E-state index contributed by atoms with van der Waals surface area (Å²) in [5, 5.41) is 3.05. The molecule has 2 amide bonds. The lowest BCUT2D eigenvalue weighted by molar-refractivity contribution is -0.146. The molecule has 0 aliphatic carbocycles. The number of imide groups is 1. The summed E-state index contributed by atoms with van der Waals surface area (Å²) in [6.45, 7) is 0.702. The van der Waals surface area contributed by atoms with Crippen LogP contribution in [0.4, 0.5) is 5.69 Å². The molecule has 2 bridgehead atoms. The molecule has 2 saturated heterocycles. The van der Waals surface area contributed by atoms with Crippen LogP contribution in [-0.4, -0.2) is 31.1 Å². The molecule has 5 heteroatoms. The number of amides is 2. The van der Waals surface area contributed by atoms with E-state index in [1.54, 1.807) is 6.07 Å². The van der Waals surface area contributed by atoms with Crippen LogP contribution in [0.2, 0.25) is 0 Å². The highest BCUT2D eigenvalue weighted by molar-refractivity contribution is 6.19. The maximum absolute atomic E-state index is 12.2. The van der Waals surface area contributed by atoms with Crippen LogP contribution in [0.25, 0.3) is 0 Å². The summed E-state index contributed by atoms with van der Waals surface area (Å²) in [5.74, 6) is -0.472. The van der Waals surface area contributed by atoms with Crippen molar-refractivity contribution in [3.8, 4) is 0 Å². The maximum Gasteiger partial charge on any atom is 0.262 e. The van der Waals surface area contributed by atoms with Gasteiger partial charge in [-0.2, -0.15) is 0 Å². The monoisotopic (exact) mass is 260 g/mol. The maximum atomic E-state index is 12.2. The minimum absolute atomic E-state index is 0.236. The minimum Gasteiger partial charge on any atom is -0.355 e. The van der Waals surface area contributed by atoms with Gasteiger partial charge in [-0.3, -0.25) is 9.59 Å². The largest absolute Gasteiger partial charge is 0.355 e. The summed E-state index contributed by atoms with van der Waals surface area (Å²) in [6, 6.07) is 7.49. The summed E-state index contributed by atoms with van der Waals surface area (Å²) in [4.78, 5) is 25.7. The number of nitrogens with one attached hydrogen (secondary N) is 1. The molecule has 2 aliphatic heterocycles. The quantitative estimate of drug-likeness (QED) is 0.818. The number of rotatable bonds is 3. The molecule has 1 aromatic carbocycles. The molecule has 2 fully saturated rings. The van der Waals surface area contributed by atoms with Crippen molar-refractivity contribution in [2.45, 2.75) is 31.6 Å². The fraction of sp³-hybridized carbons (Fsp3) is 0.429. The molecule has 2 heterocycles. The van der Waals surface area contributed by atoms with Crippen molar-refractivity contribution < 1.29 is 14.3 Å². The average Bonchev–Trinajstić information content (AvgIpc) is 2.85. The number of anilines is 1. The number of hydrogen-bond donors (Lipinski definition) is 1. The zero-order valence-corrected chi connectivity index (χ0v) is 10.8. The summed E-state index contributed by atoms with van der Waals surface area (Å²) >= 11 is 0. The van der Waals surface area contributed by atoms with Crippen LogP contribution in [0.15, 0.2) is 24.3 Å². The molecular formula is C14H16N2O3. The number of morpholine rings is 1. The highest BCUT2D eigenvalue weighted by atomic mass is 16.5. The topological polar surface area (TPSA) is 58.6 Å². The first-order valence-electron chi connectivity index (χ1n) is 6.47. The highest BCUT2D eigenvalue weighted by Gasteiger charge is 2.47. The van der Waals surface area contributed by atoms with Crippen LogP contribution >= 0.6 is 0 Å². The van der Waals surface area contributed by atoms with Gasteiger partial charge in [0.15, 0.2) is 0 Å². The van der Waals surface area contributed by atoms with Gasteiger partial charge in [0.25, 0.3) is 11.8 Å². The SMILES string of the molecule is CNCc1cccc(N2C(=O)C3CCC(O3)C2=O)c1. The second-order valence-corrected chi connectivity index (χ2v) is 4.90. The van der Waals surface area contributed by atoms with Crippen LogP contribution in [0.3, 0.4) is 0 Å². The number of ether oxygens (including phenoxy) is 1. The third-order valence-electron chi connectivity index (χ3n) is 3.56. The zero-order valence-electron chi connectivity index (χ0n) is 10.8. The van der Waals surface area contributed by atoms with Crippen molar-refractivity contribution in [2.24, 2.45) is 0 Å². The molecule has 2 aliphatic rings. The number of carbonyl (C=O) groups excluding carboxylic acids is 2. The number of benzene rings is 1. The lowest BCUT2D eigenvalue weighted by Gasteiger charge is -2.30. The van der Waals surface area contributed by atoms with Crippen molar-refractivity contribution in [3.05, 3.63) is 29.8 Å². The summed E-state index contributed by atoms with van der Waals surface area (Å²) < 4.78 is 5.40. The van der Waals surface area contributed by atoms with Crippen molar-refractivity contribution in [2.75, 3.05) is 11.9 Å². The molecule has 2 unspecified atom stereocenters. The zero-order chi connectivity index (χ0) is 13.4. The van der Waals surface area contributed by atoms with Crippen LogP contribution < -0.4 is 10.2 Å². The molecule has 0 aromatic heterocycles. The standard InChI is InChI=1S/C14H16N2O3/c1-15-8-9-3-2-4-10(7-9)16-13(17)11-5-6-12(19-11)14(16)18/h2-4,7,11-12,15H,5-6,8H2,1H3. The van der Waals surface area contributed by atoms with E-state index in [1.165, 1.54) is 4.90 Å². The van der Waals surface area contributed by atoms with Crippen molar-refractivity contribution >= 4 is 17.5 Å². The Bertz CT molecular complexity index is 507. The van der Waals surface area contributed by atoms with E-state index in [1.807, 2.05) is 25.2 Å². The Hall–Kier alpha value is -1.72. The molecule has 100 valence electrons. The Balaban J connectivity index is 1.94. The number of fused-ring (bicyclic) bond motifs is 2. The van der Waals surface area contributed by atoms with E-state index in [0.29, 0.717) is 25.1 Å². The summed E-state index contributed by atoms with van der Waals surface area (Å²) in [6.07, 6.45) is 0.385. The molecule has 5 nitrogen and oxygen atoms in total. The Morgan fingerprint density at radius 2 is 1.95 bits per heavy atom. The molecule has 2 atom stereocenters. The van der Waals surface area contributed by atoms with E-state index < -0.39 is 12.2 Å². The van der Waals surface area contributed by atoms with Crippen molar-refractivity contribution in [1.82, 2.24) is 5.32 Å². The fourth-order valence-electron chi connectivity index (χ4n) is 2.66. The normalized spacial score (nSPS) is 26.1. The minimum atomic E-state index is -0.448. The van der Waals surface area contributed by atoms with Gasteiger partial charge in [-0.1, -0.05) is 12.1 Å². The molecule has 19 heavy (non-hydrogen) atoms. The van der Waals surface area contributed by atoms with Crippen LogP contribution in [0.1, 0.15) is 18.4 Å². The molecule has 1 N–H and O–H groups in total. The van der Waals surface area contributed by atoms with E-state index in [-0.39, 0.29) is 11.8 Å². The van der Waals surface area contributed by atoms with Gasteiger partial charge in [0, 0.05) is 6.54 Å². The number of carbonyl (C=O) groups is 2.